The molecule has 0 fully saturated rings. The van der Waals surface area contributed by atoms with Crippen molar-refractivity contribution < 1.29 is 14.6 Å². The lowest BCUT2D eigenvalue weighted by atomic mass is 9.91. The van der Waals surface area contributed by atoms with Gasteiger partial charge in [-0.05, 0) is 68.9 Å². The molecule has 0 radical (unpaired) electrons. The van der Waals surface area contributed by atoms with Gasteiger partial charge in [0.25, 0.3) is 0 Å². The van der Waals surface area contributed by atoms with Gasteiger partial charge in [0.2, 0.25) is 0 Å². The Labute approximate surface area is 149 Å². The normalized spacial score (nSPS) is 12.7. The zero-order chi connectivity index (χ0) is 18.4. The van der Waals surface area contributed by atoms with Gasteiger partial charge in [0, 0.05) is 12.4 Å². The van der Waals surface area contributed by atoms with Crippen LogP contribution in [0.4, 0.5) is 0 Å². The van der Waals surface area contributed by atoms with Crippen LogP contribution in [0.1, 0.15) is 67.4 Å². The van der Waals surface area contributed by atoms with Crippen LogP contribution in [0.15, 0.2) is 42.7 Å². The van der Waals surface area contributed by atoms with Crippen LogP contribution < -0.4 is 4.74 Å². The Balaban J connectivity index is 2.12. The largest absolute Gasteiger partial charge is 0.423 e. The van der Waals surface area contributed by atoms with Crippen molar-refractivity contribution in [2.75, 3.05) is 0 Å². The second-order valence-corrected chi connectivity index (χ2v) is 7.27. The molecule has 1 unspecified atom stereocenters. The number of rotatable bonds is 7. The van der Waals surface area contributed by atoms with Crippen molar-refractivity contribution in [3.05, 3.63) is 59.4 Å². The molecule has 0 aliphatic heterocycles. The smallest absolute Gasteiger partial charge is 0.343 e. The SMILES string of the molecule is Cc1ccc(C(C)CCCC(C)(C)O)c(OC(=O)c2ccncc2)c1. The Bertz CT molecular complexity index is 705. The molecule has 0 aliphatic carbocycles. The van der Waals surface area contributed by atoms with Crippen LogP contribution in [0.2, 0.25) is 0 Å². The number of hydrogen-bond acceptors (Lipinski definition) is 4. The van der Waals surface area contributed by atoms with Crippen LogP contribution in [-0.4, -0.2) is 21.7 Å². The molecule has 0 spiro atoms. The molecule has 25 heavy (non-hydrogen) atoms. The standard InChI is InChI=1S/C21H27NO3/c1-15-7-8-18(16(2)6-5-11-21(3,4)24)19(14-15)25-20(23)17-9-12-22-13-10-17/h7-10,12-14,16,24H,5-6,11H2,1-4H3. The summed E-state index contributed by atoms with van der Waals surface area (Å²) in [5, 5.41) is 9.86. The molecule has 1 N–H and O–H groups in total. The average molecular weight is 341 g/mol. The first kappa shape index (κ1) is 19.1. The number of aromatic nitrogens is 1. The van der Waals surface area contributed by atoms with Crippen molar-refractivity contribution >= 4 is 5.97 Å². The Kier molecular flexibility index (Phi) is 6.32. The molecule has 0 aliphatic rings. The quantitative estimate of drug-likeness (QED) is 0.588. The molecule has 1 heterocycles. The number of carbonyl (C=O) groups excluding carboxylic acids is 1. The van der Waals surface area contributed by atoms with Gasteiger partial charge in [-0.15, -0.1) is 0 Å². The molecule has 0 bridgehead atoms. The third-order valence-electron chi connectivity index (χ3n) is 4.24. The second kappa shape index (κ2) is 8.26. The molecule has 4 heteroatoms. The zero-order valence-corrected chi connectivity index (χ0v) is 15.5. The maximum atomic E-state index is 12.4. The van der Waals surface area contributed by atoms with Crippen LogP contribution in [0.3, 0.4) is 0 Å². The molecule has 1 aromatic carbocycles. The summed E-state index contributed by atoms with van der Waals surface area (Å²) in [5.41, 5.74) is 1.90. The summed E-state index contributed by atoms with van der Waals surface area (Å²) in [4.78, 5) is 16.3. The van der Waals surface area contributed by atoms with Gasteiger partial charge in [0.05, 0.1) is 11.2 Å². The number of pyridine rings is 1. The van der Waals surface area contributed by atoms with E-state index in [9.17, 15) is 9.90 Å². The monoisotopic (exact) mass is 341 g/mol. The number of ether oxygens (including phenoxy) is 1. The van der Waals surface area contributed by atoms with E-state index < -0.39 is 5.60 Å². The molecule has 2 rings (SSSR count). The van der Waals surface area contributed by atoms with Crippen LogP contribution in [0.25, 0.3) is 0 Å². The molecule has 0 saturated heterocycles. The fourth-order valence-corrected chi connectivity index (χ4v) is 2.78. The van der Waals surface area contributed by atoms with E-state index in [0.29, 0.717) is 11.3 Å². The maximum absolute atomic E-state index is 12.4. The minimum Gasteiger partial charge on any atom is -0.423 e. The summed E-state index contributed by atoms with van der Waals surface area (Å²) >= 11 is 0. The Morgan fingerprint density at radius 3 is 2.56 bits per heavy atom. The third-order valence-corrected chi connectivity index (χ3v) is 4.24. The second-order valence-electron chi connectivity index (χ2n) is 7.27. The van der Waals surface area contributed by atoms with E-state index in [-0.39, 0.29) is 11.9 Å². The first-order valence-corrected chi connectivity index (χ1v) is 8.71. The first-order valence-electron chi connectivity index (χ1n) is 8.71. The van der Waals surface area contributed by atoms with E-state index in [1.807, 2.05) is 39.0 Å². The number of benzene rings is 1. The summed E-state index contributed by atoms with van der Waals surface area (Å²) in [7, 11) is 0. The number of aliphatic hydroxyl groups is 1. The van der Waals surface area contributed by atoms with Crippen LogP contribution in [-0.2, 0) is 0 Å². The number of aryl methyl sites for hydroxylation is 1. The van der Waals surface area contributed by atoms with Gasteiger partial charge >= 0.3 is 5.97 Å². The fourth-order valence-electron chi connectivity index (χ4n) is 2.78. The van der Waals surface area contributed by atoms with Gasteiger partial charge in [-0.3, -0.25) is 4.98 Å². The van der Waals surface area contributed by atoms with Crippen LogP contribution >= 0.6 is 0 Å². The first-order chi connectivity index (χ1) is 11.8. The predicted molar refractivity (Wildman–Crippen MR) is 98.9 cm³/mol. The van der Waals surface area contributed by atoms with E-state index >= 15 is 0 Å². The lowest BCUT2D eigenvalue weighted by molar-refractivity contribution is 0.0678. The highest BCUT2D eigenvalue weighted by Gasteiger charge is 2.18. The van der Waals surface area contributed by atoms with Gasteiger partial charge < -0.3 is 9.84 Å². The van der Waals surface area contributed by atoms with Crippen molar-refractivity contribution in [1.82, 2.24) is 4.98 Å². The van der Waals surface area contributed by atoms with Crippen molar-refractivity contribution in [1.29, 1.82) is 0 Å². The third kappa shape index (κ3) is 5.98. The highest BCUT2D eigenvalue weighted by molar-refractivity contribution is 5.91. The number of carbonyl (C=O) groups is 1. The highest BCUT2D eigenvalue weighted by Crippen LogP contribution is 2.32. The van der Waals surface area contributed by atoms with Crippen molar-refractivity contribution in [2.24, 2.45) is 0 Å². The minimum absolute atomic E-state index is 0.239. The Morgan fingerprint density at radius 1 is 1.24 bits per heavy atom. The number of esters is 1. The van der Waals surface area contributed by atoms with Gasteiger partial charge in [-0.2, -0.15) is 0 Å². The van der Waals surface area contributed by atoms with Gasteiger partial charge in [-0.25, -0.2) is 4.79 Å². The van der Waals surface area contributed by atoms with E-state index in [1.165, 1.54) is 0 Å². The Hall–Kier alpha value is -2.20. The summed E-state index contributed by atoms with van der Waals surface area (Å²) < 4.78 is 5.66. The fraction of sp³-hybridized carbons (Fsp3) is 0.429. The van der Waals surface area contributed by atoms with Gasteiger partial charge in [0.1, 0.15) is 5.75 Å². The predicted octanol–water partition coefficient (Wildman–Crippen LogP) is 4.65. The van der Waals surface area contributed by atoms with E-state index in [2.05, 4.69) is 11.9 Å². The molecule has 0 saturated carbocycles. The van der Waals surface area contributed by atoms with E-state index in [0.717, 1.165) is 30.4 Å². The van der Waals surface area contributed by atoms with Crippen molar-refractivity contribution in [3.63, 3.8) is 0 Å². The number of hydrogen-bond donors (Lipinski definition) is 1. The summed E-state index contributed by atoms with van der Waals surface area (Å²) in [6.07, 6.45) is 5.73. The van der Waals surface area contributed by atoms with E-state index in [1.54, 1.807) is 24.5 Å². The van der Waals surface area contributed by atoms with Crippen LogP contribution in [0.5, 0.6) is 5.75 Å². The van der Waals surface area contributed by atoms with Crippen LogP contribution in [0, 0.1) is 6.92 Å². The highest BCUT2D eigenvalue weighted by atomic mass is 16.5. The minimum atomic E-state index is -0.649. The molecular formula is C21H27NO3. The van der Waals surface area contributed by atoms with Gasteiger partial charge in [0.15, 0.2) is 0 Å². The van der Waals surface area contributed by atoms with Crippen molar-refractivity contribution in [2.45, 2.75) is 58.5 Å². The lowest BCUT2D eigenvalue weighted by Crippen LogP contribution is -2.18. The summed E-state index contributed by atoms with van der Waals surface area (Å²) in [6, 6.07) is 9.25. The average Bonchev–Trinajstić information content (AvgIpc) is 2.54. The summed E-state index contributed by atoms with van der Waals surface area (Å²) in [5.74, 6) is 0.471. The Morgan fingerprint density at radius 2 is 1.92 bits per heavy atom. The zero-order valence-electron chi connectivity index (χ0n) is 15.5. The topological polar surface area (TPSA) is 59.4 Å². The molecule has 134 valence electrons. The van der Waals surface area contributed by atoms with Crippen molar-refractivity contribution in [3.8, 4) is 5.75 Å². The number of nitrogens with zero attached hydrogens (tertiary/aromatic N) is 1. The maximum Gasteiger partial charge on any atom is 0.343 e. The molecular weight excluding hydrogens is 314 g/mol. The summed E-state index contributed by atoms with van der Waals surface area (Å²) in [6.45, 7) is 7.75. The molecule has 4 nitrogen and oxygen atoms in total. The van der Waals surface area contributed by atoms with Gasteiger partial charge in [-0.1, -0.05) is 25.5 Å². The lowest BCUT2D eigenvalue weighted by Gasteiger charge is -2.20. The molecule has 1 atom stereocenters. The molecule has 2 aromatic rings. The van der Waals surface area contributed by atoms with E-state index in [4.69, 9.17) is 4.74 Å². The molecule has 1 aromatic heterocycles. The molecule has 0 amide bonds.